The monoisotopic (exact) mass is 525 g/mol. The fourth-order valence-electron chi connectivity index (χ4n) is 2.36. The number of aliphatic imine (C=N–C) groups is 1. The maximum atomic E-state index is 11.9. The second-order valence-electron chi connectivity index (χ2n) is 7.54. The standard InChI is InChI=1S/C19H35N5O2S.HI/c1-8-9-10-15(11-22-18(25)26-19(4,5)6)24-17(20-7)21-12-16-23-13(2)14(3)27-16;/h15H,8-12H2,1-7H3,(H,22,25)(H2,20,21,24);1H. The molecule has 0 aliphatic rings. The number of unbranched alkanes of at least 4 members (excludes halogenated alkanes) is 1. The van der Waals surface area contributed by atoms with Crippen LogP contribution in [0.5, 0.6) is 0 Å². The van der Waals surface area contributed by atoms with Gasteiger partial charge in [0.05, 0.1) is 12.2 Å². The number of guanidine groups is 1. The van der Waals surface area contributed by atoms with E-state index in [2.05, 4.69) is 39.8 Å². The van der Waals surface area contributed by atoms with Crippen LogP contribution in [0.1, 0.15) is 62.5 Å². The number of thiazole rings is 1. The van der Waals surface area contributed by atoms with Crippen LogP contribution in [0.25, 0.3) is 0 Å². The van der Waals surface area contributed by atoms with Crippen LogP contribution in [-0.4, -0.2) is 42.3 Å². The Morgan fingerprint density at radius 1 is 1.29 bits per heavy atom. The maximum Gasteiger partial charge on any atom is 0.407 e. The summed E-state index contributed by atoms with van der Waals surface area (Å²) in [6.07, 6.45) is 2.69. The van der Waals surface area contributed by atoms with Crippen molar-refractivity contribution >= 4 is 47.4 Å². The van der Waals surface area contributed by atoms with Gasteiger partial charge in [0.2, 0.25) is 0 Å². The van der Waals surface area contributed by atoms with Crippen LogP contribution in [0.15, 0.2) is 4.99 Å². The highest BCUT2D eigenvalue weighted by molar-refractivity contribution is 14.0. The number of aromatic nitrogens is 1. The highest BCUT2D eigenvalue weighted by Crippen LogP contribution is 2.15. The first-order chi connectivity index (χ1) is 12.6. The predicted octanol–water partition coefficient (Wildman–Crippen LogP) is 4.13. The van der Waals surface area contributed by atoms with E-state index in [4.69, 9.17) is 4.74 Å². The van der Waals surface area contributed by atoms with Crippen molar-refractivity contribution in [2.45, 2.75) is 79.0 Å². The highest BCUT2D eigenvalue weighted by atomic mass is 127. The zero-order valence-electron chi connectivity index (χ0n) is 18.1. The Bertz CT molecular complexity index is 609. The van der Waals surface area contributed by atoms with Crippen molar-refractivity contribution in [3.63, 3.8) is 0 Å². The molecule has 28 heavy (non-hydrogen) atoms. The van der Waals surface area contributed by atoms with Crippen molar-refractivity contribution in [1.29, 1.82) is 0 Å². The number of carbonyl (C=O) groups excluding carboxylic acids is 1. The van der Waals surface area contributed by atoms with E-state index >= 15 is 0 Å². The molecule has 0 spiro atoms. The van der Waals surface area contributed by atoms with E-state index in [0.29, 0.717) is 19.0 Å². The molecule has 1 aromatic heterocycles. The molecule has 1 atom stereocenters. The predicted molar refractivity (Wildman–Crippen MR) is 128 cm³/mol. The van der Waals surface area contributed by atoms with Crippen LogP contribution in [-0.2, 0) is 11.3 Å². The Balaban J connectivity index is 0.00000729. The van der Waals surface area contributed by atoms with E-state index in [1.165, 1.54) is 4.88 Å². The molecule has 1 unspecified atom stereocenters. The van der Waals surface area contributed by atoms with E-state index < -0.39 is 11.7 Å². The minimum absolute atomic E-state index is 0. The normalized spacial score (nSPS) is 12.8. The Hall–Kier alpha value is -1.10. The molecular weight excluding hydrogens is 489 g/mol. The summed E-state index contributed by atoms with van der Waals surface area (Å²) < 4.78 is 5.31. The lowest BCUT2D eigenvalue weighted by atomic mass is 10.1. The summed E-state index contributed by atoms with van der Waals surface area (Å²) in [6.45, 7) is 12.9. The van der Waals surface area contributed by atoms with Crippen molar-refractivity contribution in [2.24, 2.45) is 4.99 Å². The third-order valence-corrected chi connectivity index (χ3v) is 4.91. The van der Waals surface area contributed by atoms with E-state index in [0.717, 1.165) is 30.0 Å². The van der Waals surface area contributed by atoms with Gasteiger partial charge in [0.25, 0.3) is 0 Å². The van der Waals surface area contributed by atoms with Gasteiger partial charge in [0.1, 0.15) is 10.6 Å². The molecule has 1 rings (SSSR count). The van der Waals surface area contributed by atoms with Gasteiger partial charge in [-0.25, -0.2) is 9.78 Å². The molecule has 0 saturated heterocycles. The lowest BCUT2D eigenvalue weighted by molar-refractivity contribution is 0.0523. The minimum atomic E-state index is -0.502. The first kappa shape index (κ1) is 26.9. The topological polar surface area (TPSA) is 87.6 Å². The lowest BCUT2D eigenvalue weighted by Crippen LogP contribution is -2.48. The zero-order valence-corrected chi connectivity index (χ0v) is 21.3. The van der Waals surface area contributed by atoms with Crippen molar-refractivity contribution in [3.05, 3.63) is 15.6 Å². The van der Waals surface area contributed by atoms with Gasteiger partial charge in [-0.15, -0.1) is 35.3 Å². The van der Waals surface area contributed by atoms with Crippen LogP contribution in [0.3, 0.4) is 0 Å². The van der Waals surface area contributed by atoms with Crippen LogP contribution < -0.4 is 16.0 Å². The molecule has 1 aromatic rings. The van der Waals surface area contributed by atoms with Gasteiger partial charge in [-0.2, -0.15) is 0 Å². The minimum Gasteiger partial charge on any atom is -0.444 e. The fourth-order valence-corrected chi connectivity index (χ4v) is 3.23. The fraction of sp³-hybridized carbons (Fsp3) is 0.737. The molecule has 0 radical (unpaired) electrons. The molecule has 0 aromatic carbocycles. The van der Waals surface area contributed by atoms with Gasteiger partial charge < -0.3 is 20.7 Å². The third kappa shape index (κ3) is 11.0. The summed E-state index contributed by atoms with van der Waals surface area (Å²) in [5, 5.41) is 10.6. The quantitative estimate of drug-likeness (QED) is 0.270. The molecule has 9 heteroatoms. The van der Waals surface area contributed by atoms with Gasteiger partial charge in [0.15, 0.2) is 5.96 Å². The average Bonchev–Trinajstić information content (AvgIpc) is 2.89. The van der Waals surface area contributed by atoms with Crippen LogP contribution in [0.4, 0.5) is 4.79 Å². The van der Waals surface area contributed by atoms with Crippen molar-refractivity contribution in [2.75, 3.05) is 13.6 Å². The number of aryl methyl sites for hydroxylation is 2. The number of nitrogens with one attached hydrogen (secondary N) is 3. The number of alkyl carbamates (subject to hydrolysis) is 1. The second kappa shape index (κ2) is 13.2. The van der Waals surface area contributed by atoms with Crippen molar-refractivity contribution in [1.82, 2.24) is 20.9 Å². The van der Waals surface area contributed by atoms with E-state index in [1.54, 1.807) is 18.4 Å². The molecule has 0 aliphatic carbocycles. The molecule has 3 N–H and O–H groups in total. The van der Waals surface area contributed by atoms with Gasteiger partial charge in [0, 0.05) is 24.5 Å². The number of rotatable bonds is 8. The summed E-state index contributed by atoms with van der Waals surface area (Å²) in [6, 6.07) is 0.0726. The number of nitrogens with zero attached hydrogens (tertiary/aromatic N) is 2. The SMILES string of the molecule is CCCCC(CNC(=O)OC(C)(C)C)NC(=NC)NCc1nc(C)c(C)s1.I. The van der Waals surface area contributed by atoms with Crippen molar-refractivity contribution < 1.29 is 9.53 Å². The van der Waals surface area contributed by atoms with Gasteiger partial charge >= 0.3 is 6.09 Å². The molecule has 0 saturated carbocycles. The zero-order chi connectivity index (χ0) is 20.4. The average molecular weight is 526 g/mol. The summed E-state index contributed by atoms with van der Waals surface area (Å²) >= 11 is 1.69. The second-order valence-corrected chi connectivity index (χ2v) is 8.83. The Kier molecular flexibility index (Phi) is 12.7. The molecule has 162 valence electrons. The smallest absolute Gasteiger partial charge is 0.407 e. The summed E-state index contributed by atoms with van der Waals surface area (Å²) in [7, 11) is 1.74. The molecule has 0 fully saturated rings. The van der Waals surface area contributed by atoms with Crippen LogP contribution in [0.2, 0.25) is 0 Å². The Morgan fingerprint density at radius 3 is 2.46 bits per heavy atom. The Morgan fingerprint density at radius 2 is 1.96 bits per heavy atom. The summed E-state index contributed by atoms with van der Waals surface area (Å²) in [5.41, 5.74) is 0.569. The summed E-state index contributed by atoms with van der Waals surface area (Å²) in [5.74, 6) is 0.701. The maximum absolute atomic E-state index is 11.9. The third-order valence-electron chi connectivity index (χ3n) is 3.84. The number of hydrogen-bond acceptors (Lipinski definition) is 5. The number of hydrogen-bond donors (Lipinski definition) is 3. The number of carbonyl (C=O) groups is 1. The van der Waals surface area contributed by atoms with Gasteiger partial charge in [-0.1, -0.05) is 19.8 Å². The summed E-state index contributed by atoms with van der Waals surface area (Å²) in [4.78, 5) is 22.0. The first-order valence-electron chi connectivity index (χ1n) is 9.51. The molecule has 0 aliphatic heterocycles. The molecule has 1 heterocycles. The molecular formula is C19H36IN5O2S. The van der Waals surface area contributed by atoms with Crippen LogP contribution in [0, 0.1) is 13.8 Å². The van der Waals surface area contributed by atoms with Gasteiger partial charge in [-0.05, 0) is 41.0 Å². The highest BCUT2D eigenvalue weighted by Gasteiger charge is 2.18. The number of amides is 1. The largest absolute Gasteiger partial charge is 0.444 e. The number of ether oxygens (including phenoxy) is 1. The van der Waals surface area contributed by atoms with E-state index in [9.17, 15) is 4.79 Å². The van der Waals surface area contributed by atoms with Gasteiger partial charge in [-0.3, -0.25) is 4.99 Å². The van der Waals surface area contributed by atoms with E-state index in [1.807, 2.05) is 27.7 Å². The van der Waals surface area contributed by atoms with Crippen molar-refractivity contribution in [3.8, 4) is 0 Å². The van der Waals surface area contributed by atoms with Crippen LogP contribution >= 0.6 is 35.3 Å². The number of halogens is 1. The van der Waals surface area contributed by atoms with E-state index in [-0.39, 0.29) is 30.0 Å². The first-order valence-corrected chi connectivity index (χ1v) is 10.3. The molecule has 1 amide bonds. The lowest BCUT2D eigenvalue weighted by Gasteiger charge is -2.24. The Labute approximate surface area is 190 Å². The molecule has 7 nitrogen and oxygen atoms in total. The molecule has 0 bridgehead atoms.